The fraction of sp³-hybridized carbons (Fsp3) is 0.125. The van der Waals surface area contributed by atoms with Crippen LogP contribution in [-0.2, 0) is 11.9 Å². The number of halogens is 3. The highest BCUT2D eigenvalue weighted by molar-refractivity contribution is 8.00. The SMILES string of the molecule is O=C(Nc1cc(C(F)(F)F)cs1)c1ccc(SCc2ccncc2)s1. The monoisotopic (exact) mass is 400 g/mol. The topological polar surface area (TPSA) is 42.0 Å². The molecule has 0 unspecified atom stereocenters. The molecule has 9 heteroatoms. The molecule has 0 spiro atoms. The first-order valence-electron chi connectivity index (χ1n) is 7.00. The standard InChI is InChI=1S/C16H11F3N2OS3/c17-16(18,19)11-7-13(23-9-11)21-15(22)12-1-2-14(25-12)24-8-10-3-5-20-6-4-10/h1-7,9H,8H2,(H,21,22). The van der Waals surface area contributed by atoms with Gasteiger partial charge < -0.3 is 5.32 Å². The van der Waals surface area contributed by atoms with E-state index in [0.717, 1.165) is 38.3 Å². The molecule has 3 nitrogen and oxygen atoms in total. The average molecular weight is 400 g/mol. The molecular weight excluding hydrogens is 389 g/mol. The first-order valence-corrected chi connectivity index (χ1v) is 9.68. The molecule has 0 atom stereocenters. The van der Waals surface area contributed by atoms with Crippen LogP contribution in [0, 0.1) is 0 Å². The number of pyridine rings is 1. The van der Waals surface area contributed by atoms with Gasteiger partial charge in [0.25, 0.3) is 5.91 Å². The maximum atomic E-state index is 12.6. The van der Waals surface area contributed by atoms with Crippen LogP contribution in [0.15, 0.2) is 52.3 Å². The molecule has 25 heavy (non-hydrogen) atoms. The minimum atomic E-state index is -4.40. The fourth-order valence-corrected chi connectivity index (χ4v) is 4.66. The van der Waals surface area contributed by atoms with Crippen LogP contribution in [0.4, 0.5) is 18.2 Å². The normalized spacial score (nSPS) is 11.5. The molecule has 1 N–H and O–H groups in total. The largest absolute Gasteiger partial charge is 0.417 e. The fourth-order valence-electron chi connectivity index (χ4n) is 1.88. The van der Waals surface area contributed by atoms with Gasteiger partial charge in [-0.3, -0.25) is 9.78 Å². The van der Waals surface area contributed by atoms with Crippen molar-refractivity contribution < 1.29 is 18.0 Å². The molecular formula is C16H11F3N2OS3. The van der Waals surface area contributed by atoms with E-state index in [1.54, 1.807) is 30.2 Å². The Labute approximate surface area is 153 Å². The Morgan fingerprint density at radius 1 is 1.20 bits per heavy atom. The summed E-state index contributed by atoms with van der Waals surface area (Å²) in [5.74, 6) is 0.348. The van der Waals surface area contributed by atoms with E-state index in [4.69, 9.17) is 0 Å². The van der Waals surface area contributed by atoms with Gasteiger partial charge in [-0.1, -0.05) is 0 Å². The zero-order valence-corrected chi connectivity index (χ0v) is 15.0. The highest BCUT2D eigenvalue weighted by atomic mass is 32.2. The summed E-state index contributed by atoms with van der Waals surface area (Å²) in [7, 11) is 0. The molecule has 0 aliphatic rings. The van der Waals surface area contributed by atoms with Crippen molar-refractivity contribution in [1.29, 1.82) is 0 Å². The Morgan fingerprint density at radius 3 is 2.64 bits per heavy atom. The van der Waals surface area contributed by atoms with Gasteiger partial charge in [0, 0.05) is 23.5 Å². The van der Waals surface area contributed by atoms with Crippen LogP contribution in [0.25, 0.3) is 0 Å². The molecule has 0 aliphatic carbocycles. The Bertz CT molecular complexity index is 859. The zero-order valence-electron chi connectivity index (χ0n) is 12.5. The lowest BCUT2D eigenvalue weighted by molar-refractivity contribution is -0.137. The van der Waals surface area contributed by atoms with Gasteiger partial charge in [0.05, 0.1) is 19.7 Å². The van der Waals surface area contributed by atoms with E-state index in [1.807, 2.05) is 18.2 Å². The van der Waals surface area contributed by atoms with Gasteiger partial charge in [-0.05, 0) is 35.9 Å². The zero-order chi connectivity index (χ0) is 17.9. The number of thioether (sulfide) groups is 1. The van der Waals surface area contributed by atoms with Crippen LogP contribution in [0.3, 0.4) is 0 Å². The molecule has 0 aliphatic heterocycles. The van der Waals surface area contributed by atoms with Gasteiger partial charge >= 0.3 is 6.18 Å². The van der Waals surface area contributed by atoms with Crippen molar-refractivity contribution in [2.75, 3.05) is 5.32 Å². The molecule has 3 rings (SSSR count). The second-order valence-electron chi connectivity index (χ2n) is 4.91. The predicted molar refractivity (Wildman–Crippen MR) is 95.4 cm³/mol. The summed E-state index contributed by atoms with van der Waals surface area (Å²) in [5.41, 5.74) is 0.366. The van der Waals surface area contributed by atoms with Crippen LogP contribution in [0.5, 0.6) is 0 Å². The van der Waals surface area contributed by atoms with Crippen LogP contribution in [0.1, 0.15) is 20.8 Å². The van der Waals surface area contributed by atoms with Crippen molar-refractivity contribution in [3.8, 4) is 0 Å². The number of rotatable bonds is 5. The maximum Gasteiger partial charge on any atom is 0.417 e. The molecule has 0 saturated carbocycles. The summed E-state index contributed by atoms with van der Waals surface area (Å²) in [4.78, 5) is 16.6. The highest BCUT2D eigenvalue weighted by Gasteiger charge is 2.31. The lowest BCUT2D eigenvalue weighted by Gasteiger charge is -2.02. The number of amides is 1. The van der Waals surface area contributed by atoms with Gasteiger partial charge in [-0.15, -0.1) is 34.4 Å². The quantitative estimate of drug-likeness (QED) is 0.553. The molecule has 0 fully saturated rings. The number of alkyl halides is 3. The first-order chi connectivity index (χ1) is 11.9. The summed E-state index contributed by atoms with van der Waals surface area (Å²) in [5, 5.41) is 3.67. The summed E-state index contributed by atoms with van der Waals surface area (Å²) >= 11 is 3.75. The number of thiophene rings is 2. The molecule has 0 radical (unpaired) electrons. The number of nitrogens with one attached hydrogen (secondary N) is 1. The second kappa shape index (κ2) is 7.59. The molecule has 3 aromatic heterocycles. The molecule has 0 saturated heterocycles. The Hall–Kier alpha value is -1.84. The van der Waals surface area contributed by atoms with E-state index in [0.29, 0.717) is 4.88 Å². The molecule has 130 valence electrons. The van der Waals surface area contributed by atoms with E-state index in [1.165, 1.54) is 11.3 Å². The van der Waals surface area contributed by atoms with Crippen molar-refractivity contribution in [2.24, 2.45) is 0 Å². The lowest BCUT2D eigenvalue weighted by atomic mass is 10.3. The van der Waals surface area contributed by atoms with Crippen LogP contribution in [0.2, 0.25) is 0 Å². The Kier molecular flexibility index (Phi) is 5.45. The molecule has 0 bridgehead atoms. The lowest BCUT2D eigenvalue weighted by Crippen LogP contribution is -2.09. The third-order valence-corrected chi connectivity index (χ3v) is 6.33. The number of hydrogen-bond donors (Lipinski definition) is 1. The van der Waals surface area contributed by atoms with Gasteiger partial charge in [-0.25, -0.2) is 0 Å². The Morgan fingerprint density at radius 2 is 1.96 bits per heavy atom. The van der Waals surface area contributed by atoms with Crippen molar-refractivity contribution in [1.82, 2.24) is 4.98 Å². The summed E-state index contributed by atoms with van der Waals surface area (Å²) in [6, 6.07) is 8.29. The third kappa shape index (κ3) is 4.83. The van der Waals surface area contributed by atoms with E-state index in [9.17, 15) is 18.0 Å². The van der Waals surface area contributed by atoms with E-state index in [-0.39, 0.29) is 5.00 Å². The van der Waals surface area contributed by atoms with Gasteiger partial charge in [0.2, 0.25) is 0 Å². The molecule has 3 heterocycles. The van der Waals surface area contributed by atoms with Crippen molar-refractivity contribution in [3.05, 3.63) is 64.1 Å². The van der Waals surface area contributed by atoms with Crippen molar-refractivity contribution in [3.63, 3.8) is 0 Å². The summed E-state index contributed by atoms with van der Waals surface area (Å²) in [6.45, 7) is 0. The van der Waals surface area contributed by atoms with Crippen molar-refractivity contribution >= 4 is 45.3 Å². The van der Waals surface area contributed by atoms with Gasteiger partial charge in [-0.2, -0.15) is 13.2 Å². The molecule has 3 aromatic rings. The van der Waals surface area contributed by atoms with Gasteiger partial charge in [0.15, 0.2) is 0 Å². The second-order valence-corrected chi connectivity index (χ2v) is 8.18. The molecule has 0 aromatic carbocycles. The predicted octanol–water partition coefficient (Wildman–Crippen LogP) is 5.77. The average Bonchev–Trinajstić information content (AvgIpc) is 3.23. The number of carbonyl (C=O) groups excluding carboxylic acids is 1. The smallest absolute Gasteiger partial charge is 0.313 e. The third-order valence-electron chi connectivity index (χ3n) is 3.10. The first kappa shape index (κ1) is 18.0. The number of aromatic nitrogens is 1. The Balaban J connectivity index is 1.60. The van der Waals surface area contributed by atoms with Gasteiger partial charge in [0.1, 0.15) is 0 Å². The van der Waals surface area contributed by atoms with Crippen LogP contribution < -0.4 is 5.32 Å². The summed E-state index contributed by atoms with van der Waals surface area (Å²) in [6.07, 6.45) is -0.960. The van der Waals surface area contributed by atoms with E-state index < -0.39 is 17.6 Å². The van der Waals surface area contributed by atoms with Crippen LogP contribution >= 0.6 is 34.4 Å². The minimum absolute atomic E-state index is 0.178. The van der Waals surface area contributed by atoms with Crippen molar-refractivity contribution in [2.45, 2.75) is 16.1 Å². The molecule has 1 amide bonds. The number of nitrogens with zero attached hydrogens (tertiary/aromatic N) is 1. The van der Waals surface area contributed by atoms with E-state index >= 15 is 0 Å². The minimum Gasteiger partial charge on any atom is -0.313 e. The number of carbonyl (C=O) groups is 1. The number of hydrogen-bond acceptors (Lipinski definition) is 5. The van der Waals surface area contributed by atoms with Crippen LogP contribution in [-0.4, -0.2) is 10.9 Å². The highest BCUT2D eigenvalue weighted by Crippen LogP contribution is 2.35. The number of anilines is 1. The van der Waals surface area contributed by atoms with E-state index in [2.05, 4.69) is 10.3 Å². The maximum absolute atomic E-state index is 12.6. The summed E-state index contributed by atoms with van der Waals surface area (Å²) < 4.78 is 38.7.